The summed E-state index contributed by atoms with van der Waals surface area (Å²) in [5.41, 5.74) is 5.42. The van der Waals surface area contributed by atoms with E-state index in [2.05, 4.69) is 124 Å². The minimum atomic E-state index is -0.826. The maximum atomic E-state index is 4.93. The molecule has 5 rings (SSSR count). The fourth-order valence-electron chi connectivity index (χ4n) is 3.85. The van der Waals surface area contributed by atoms with Gasteiger partial charge in [0.1, 0.15) is 0 Å². The Balaban J connectivity index is 0.000000225. The van der Waals surface area contributed by atoms with E-state index in [1.165, 1.54) is 56.6 Å². The first-order chi connectivity index (χ1) is 16.6. The average molecular weight is 583 g/mol. The third kappa shape index (κ3) is 8.97. The molecule has 0 fully saturated rings. The van der Waals surface area contributed by atoms with Gasteiger partial charge < -0.3 is 0 Å². The van der Waals surface area contributed by atoms with Crippen LogP contribution >= 0.6 is 17.0 Å². The fraction of sp³-hybridized carbons (Fsp3) is 0.200. The van der Waals surface area contributed by atoms with Gasteiger partial charge in [-0.2, -0.15) is 23.6 Å². The largest absolute Gasteiger partial charge is 0.168 e. The fourth-order valence-corrected chi connectivity index (χ4v) is 3.85. The number of rotatable bonds is 3. The smallest absolute Gasteiger partial charge is 0.0809 e. The number of aryl methyl sites for hydroxylation is 2. The number of fused-ring (bicyclic) bond motifs is 2. The van der Waals surface area contributed by atoms with Gasteiger partial charge in [-0.25, -0.2) is 0 Å². The second-order valence-corrected chi connectivity index (χ2v) is 12.7. The number of hydrogen-bond acceptors (Lipinski definition) is 0. The minimum absolute atomic E-state index is 0.826. The summed E-state index contributed by atoms with van der Waals surface area (Å²) in [5, 5.41) is 5.37. The molecule has 0 atom stereocenters. The molecular weight excluding hydrogens is 551 g/mol. The molecule has 174 valence electrons. The van der Waals surface area contributed by atoms with Gasteiger partial charge in [0, 0.05) is 9.52 Å². The molecule has 0 heterocycles. The van der Waals surface area contributed by atoms with E-state index in [1.54, 1.807) is 0 Å². The molecule has 0 aromatic heterocycles. The molecule has 34 heavy (non-hydrogen) atoms. The van der Waals surface area contributed by atoms with E-state index in [9.17, 15) is 0 Å². The summed E-state index contributed by atoms with van der Waals surface area (Å²) in [6.07, 6.45) is 2.37. The molecule has 0 amide bonds. The molecule has 0 aliphatic rings. The molecule has 0 spiro atoms. The van der Waals surface area contributed by atoms with Crippen molar-refractivity contribution in [2.45, 2.75) is 39.8 Å². The Hall–Kier alpha value is -1.44. The molecule has 5 aromatic carbocycles. The van der Waals surface area contributed by atoms with Gasteiger partial charge in [-0.3, -0.25) is 0 Å². The van der Waals surface area contributed by atoms with Crippen LogP contribution < -0.4 is 0 Å². The summed E-state index contributed by atoms with van der Waals surface area (Å²) in [6.45, 7) is 8.69. The molecule has 0 unspecified atom stereocenters. The number of benzene rings is 3. The van der Waals surface area contributed by atoms with Gasteiger partial charge in [0.2, 0.25) is 0 Å². The van der Waals surface area contributed by atoms with Crippen LogP contribution in [-0.4, -0.2) is 9.52 Å². The van der Waals surface area contributed by atoms with E-state index in [1.807, 2.05) is 0 Å². The van der Waals surface area contributed by atoms with Gasteiger partial charge in [-0.15, -0.1) is 64.2 Å². The molecule has 0 saturated heterocycles. The van der Waals surface area contributed by atoms with Gasteiger partial charge in [0.15, 0.2) is 0 Å². The Bertz CT molecular complexity index is 1190. The van der Waals surface area contributed by atoms with Crippen molar-refractivity contribution in [2.75, 3.05) is 0 Å². The maximum Gasteiger partial charge on any atom is -0.0809 e. The first-order valence-corrected chi connectivity index (χ1v) is 19.8. The van der Waals surface area contributed by atoms with Crippen molar-refractivity contribution in [2.24, 2.45) is 0 Å². The summed E-state index contributed by atoms with van der Waals surface area (Å²) >= 11 is -0.826. The Kier molecular flexibility index (Phi) is 13.8. The van der Waals surface area contributed by atoms with Crippen LogP contribution in [0.3, 0.4) is 0 Å². The summed E-state index contributed by atoms with van der Waals surface area (Å²) in [5.74, 6) is 0. The third-order valence-corrected chi connectivity index (χ3v) is 5.25. The second-order valence-electron chi connectivity index (χ2n) is 8.01. The van der Waals surface area contributed by atoms with Crippen LogP contribution in [0, 0.1) is 6.92 Å². The first kappa shape index (κ1) is 28.8. The first-order valence-electron chi connectivity index (χ1n) is 11.5. The third-order valence-electron chi connectivity index (χ3n) is 5.25. The summed E-state index contributed by atoms with van der Waals surface area (Å²) in [7, 11) is 11.0. The van der Waals surface area contributed by atoms with Crippen LogP contribution in [0.15, 0.2) is 97.1 Å². The Morgan fingerprint density at radius 1 is 0.853 bits per heavy atom. The van der Waals surface area contributed by atoms with Crippen LogP contribution in [0.5, 0.6) is 0 Å². The van der Waals surface area contributed by atoms with Crippen molar-refractivity contribution >= 4 is 48.1 Å². The zero-order chi connectivity index (χ0) is 24.8. The summed E-state index contributed by atoms with van der Waals surface area (Å²) in [4.78, 5) is 0. The second kappa shape index (κ2) is 16.3. The van der Waals surface area contributed by atoms with Crippen LogP contribution in [-0.2, 0) is 27.3 Å². The zero-order valence-electron chi connectivity index (χ0n) is 20.4. The number of hydrogen-bond donors (Lipinski definition) is 0. The van der Waals surface area contributed by atoms with Crippen molar-refractivity contribution in [3.8, 4) is 11.1 Å². The maximum absolute atomic E-state index is 4.93. The van der Waals surface area contributed by atoms with Crippen molar-refractivity contribution in [3.05, 3.63) is 108 Å². The van der Waals surface area contributed by atoms with E-state index < -0.39 is 20.8 Å². The molecule has 0 aliphatic heterocycles. The summed E-state index contributed by atoms with van der Waals surface area (Å²) in [6, 6.07) is 34.8. The van der Waals surface area contributed by atoms with E-state index >= 15 is 0 Å². The predicted molar refractivity (Wildman–Crippen MR) is 152 cm³/mol. The average Bonchev–Trinajstić information content (AvgIpc) is 3.47. The van der Waals surface area contributed by atoms with Crippen molar-refractivity contribution < 1.29 is 20.8 Å². The summed E-state index contributed by atoms with van der Waals surface area (Å²) < 4.78 is 0. The molecule has 0 aliphatic carbocycles. The van der Waals surface area contributed by atoms with Crippen molar-refractivity contribution in [1.29, 1.82) is 0 Å². The van der Waals surface area contributed by atoms with Gasteiger partial charge in [0.25, 0.3) is 0 Å². The molecule has 4 heteroatoms. The molecule has 5 aromatic rings. The Morgan fingerprint density at radius 3 is 2.15 bits per heavy atom. The quantitative estimate of drug-likeness (QED) is 0.147. The van der Waals surface area contributed by atoms with E-state index in [0.29, 0.717) is 0 Å². The Morgan fingerprint density at radius 2 is 1.50 bits per heavy atom. The van der Waals surface area contributed by atoms with Crippen LogP contribution in [0.2, 0.25) is 13.1 Å². The van der Waals surface area contributed by atoms with Gasteiger partial charge in [-0.1, -0.05) is 75.3 Å². The van der Waals surface area contributed by atoms with E-state index in [0.717, 1.165) is 9.52 Å². The molecule has 2 radical (unpaired) electrons. The van der Waals surface area contributed by atoms with Crippen LogP contribution in [0.25, 0.3) is 32.7 Å². The van der Waals surface area contributed by atoms with Crippen molar-refractivity contribution in [1.82, 2.24) is 0 Å². The molecule has 0 nitrogen and oxygen atoms in total. The number of halogens is 2. The van der Waals surface area contributed by atoms with Gasteiger partial charge in [0.05, 0.1) is 0 Å². The standard InChI is InChI=1S/C19H19.C9H7.C2H6Si.2ClH.Zr/c1-3-5-15-8-10-16(11-9-15)18-7-4-6-17-12-14(2)13-19(17)18;1-2-5-9-7-3-6-8(9)4-1;1-3-2;;;/h4,6-13H,3,5H2,1-2H3;1-7H;1-2H3;2*1H;/q2*-1;;;;+4/p-2. The minimum Gasteiger partial charge on any atom is -0.168 e. The predicted octanol–water partition coefficient (Wildman–Crippen LogP) is 10.2. The van der Waals surface area contributed by atoms with E-state index in [4.69, 9.17) is 17.0 Å². The van der Waals surface area contributed by atoms with Crippen LogP contribution in [0.1, 0.15) is 24.5 Å². The molecule has 0 saturated carbocycles. The van der Waals surface area contributed by atoms with Crippen molar-refractivity contribution in [3.63, 3.8) is 0 Å². The molecule has 0 bridgehead atoms. The van der Waals surface area contributed by atoms with Crippen LogP contribution in [0.4, 0.5) is 0 Å². The normalized spacial score (nSPS) is 9.71. The molecular formula is C30H32Cl2SiZr. The monoisotopic (exact) mass is 580 g/mol. The SMILES string of the molecule is CCCc1ccc(-c2cccc3[cH-]c(C)cc23)cc1.C[Si]C.[Cl][Zr+2][Cl].c1ccc2[cH-]ccc2c1. The van der Waals surface area contributed by atoms with Gasteiger partial charge in [-0.05, 0) is 17.5 Å². The Labute approximate surface area is 226 Å². The zero-order valence-corrected chi connectivity index (χ0v) is 25.4. The molecule has 0 N–H and O–H groups in total. The topological polar surface area (TPSA) is 0 Å². The van der Waals surface area contributed by atoms with E-state index in [-0.39, 0.29) is 0 Å². The van der Waals surface area contributed by atoms with Gasteiger partial charge >= 0.3 is 37.9 Å².